The maximum absolute atomic E-state index is 14.2. The summed E-state index contributed by atoms with van der Waals surface area (Å²) in [5.41, 5.74) is -0.0451. The summed E-state index contributed by atoms with van der Waals surface area (Å²) in [5, 5.41) is 10.5. The van der Waals surface area contributed by atoms with Gasteiger partial charge in [0.25, 0.3) is 0 Å². The first-order valence-electron chi connectivity index (χ1n) is 10.5. The fourth-order valence-corrected chi connectivity index (χ4v) is 4.17. The summed E-state index contributed by atoms with van der Waals surface area (Å²) in [7, 11) is 0. The minimum absolute atomic E-state index is 0.00400. The molecule has 3 aromatic heterocycles. The van der Waals surface area contributed by atoms with Crippen LogP contribution in [0.2, 0.25) is 10.0 Å². The quantitative estimate of drug-likeness (QED) is 0.314. The zero-order valence-electron chi connectivity index (χ0n) is 18.2. The zero-order valence-corrected chi connectivity index (χ0v) is 19.7. The van der Waals surface area contributed by atoms with Gasteiger partial charge in [-0.1, -0.05) is 40.5 Å². The van der Waals surface area contributed by atoms with Gasteiger partial charge in [-0.05, 0) is 31.2 Å². The van der Waals surface area contributed by atoms with E-state index in [0.29, 0.717) is 22.1 Å². The number of esters is 1. The predicted octanol–water partition coefficient (Wildman–Crippen LogP) is 4.80. The Kier molecular flexibility index (Phi) is 5.96. The first-order chi connectivity index (χ1) is 16.9. The van der Waals surface area contributed by atoms with E-state index < -0.39 is 17.2 Å². The van der Waals surface area contributed by atoms with E-state index in [9.17, 15) is 14.0 Å². The second-order valence-electron chi connectivity index (χ2n) is 7.66. The number of nitrogens with zero attached hydrogens (tertiary/aromatic N) is 5. The second kappa shape index (κ2) is 9.09. The smallest absolute Gasteiger partial charge is 0.343 e. The van der Waals surface area contributed by atoms with Crippen LogP contribution in [0, 0.1) is 5.82 Å². The molecule has 0 amide bonds. The van der Waals surface area contributed by atoms with Gasteiger partial charge in [-0.25, -0.2) is 18.9 Å². The molecule has 0 N–H and O–H groups in total. The third-order valence-electron chi connectivity index (χ3n) is 5.42. The predicted molar refractivity (Wildman–Crippen MR) is 130 cm³/mol. The van der Waals surface area contributed by atoms with Gasteiger partial charge >= 0.3 is 5.97 Å². The lowest BCUT2D eigenvalue weighted by Crippen LogP contribution is -2.21. The Hall–Kier alpha value is -3.82. The molecule has 0 aliphatic heterocycles. The van der Waals surface area contributed by atoms with Crippen LogP contribution in [0.3, 0.4) is 0 Å². The normalized spacial score (nSPS) is 11.3. The second-order valence-corrected chi connectivity index (χ2v) is 8.48. The lowest BCUT2D eigenvalue weighted by Gasteiger charge is -2.12. The van der Waals surface area contributed by atoms with Gasteiger partial charge in [0.2, 0.25) is 5.43 Å². The first-order valence-corrected chi connectivity index (χ1v) is 11.3. The molecule has 0 spiro atoms. The number of hydrogen-bond acceptors (Lipinski definition) is 6. The number of aromatic nitrogens is 5. The van der Waals surface area contributed by atoms with Crippen LogP contribution in [0.4, 0.5) is 4.39 Å². The molecule has 0 radical (unpaired) electrons. The number of carbonyl (C=O) groups excluding carboxylic acids is 1. The fraction of sp³-hybridized carbons (Fsp3) is 0.125. The average Bonchev–Trinajstić information content (AvgIpc) is 3.31. The Morgan fingerprint density at radius 3 is 2.74 bits per heavy atom. The van der Waals surface area contributed by atoms with Crippen molar-refractivity contribution in [1.29, 1.82) is 0 Å². The van der Waals surface area contributed by atoms with Crippen molar-refractivity contribution in [1.82, 2.24) is 24.5 Å². The highest BCUT2D eigenvalue weighted by molar-refractivity contribution is 6.35. The minimum Gasteiger partial charge on any atom is -0.462 e. The molecule has 8 nitrogen and oxygen atoms in total. The maximum atomic E-state index is 14.2. The molecular formula is C24H16Cl2FN5O3. The molecule has 0 fully saturated rings. The van der Waals surface area contributed by atoms with Crippen LogP contribution in [0.5, 0.6) is 0 Å². The van der Waals surface area contributed by atoms with E-state index in [1.807, 2.05) is 12.1 Å². The Morgan fingerprint density at radius 1 is 1.11 bits per heavy atom. The van der Waals surface area contributed by atoms with Crippen molar-refractivity contribution < 1.29 is 13.9 Å². The van der Waals surface area contributed by atoms with Gasteiger partial charge in [-0.15, -0.1) is 5.10 Å². The average molecular weight is 512 g/mol. The molecule has 35 heavy (non-hydrogen) atoms. The molecule has 0 unspecified atom stereocenters. The summed E-state index contributed by atoms with van der Waals surface area (Å²) >= 11 is 12.3. The first kappa shape index (κ1) is 22.9. The molecule has 5 aromatic rings. The SMILES string of the molecule is CCOC(=O)c1cn(Cc2cn(-c3cc4c(Cl)cccc4cn3)nn2)c2cc(Cl)c(F)cc2c1=O. The van der Waals surface area contributed by atoms with Gasteiger partial charge in [0.15, 0.2) is 5.82 Å². The summed E-state index contributed by atoms with van der Waals surface area (Å²) in [6.07, 6.45) is 4.70. The summed E-state index contributed by atoms with van der Waals surface area (Å²) in [6, 6.07) is 9.68. The lowest BCUT2D eigenvalue weighted by molar-refractivity contribution is 0.0524. The molecule has 0 atom stereocenters. The molecule has 0 saturated heterocycles. The van der Waals surface area contributed by atoms with Crippen molar-refractivity contribution in [3.63, 3.8) is 0 Å². The van der Waals surface area contributed by atoms with Crippen molar-refractivity contribution in [2.75, 3.05) is 6.61 Å². The van der Waals surface area contributed by atoms with E-state index in [-0.39, 0.29) is 29.1 Å². The number of fused-ring (bicyclic) bond motifs is 2. The van der Waals surface area contributed by atoms with Gasteiger partial charge in [0.05, 0.1) is 29.9 Å². The molecule has 0 bridgehead atoms. The molecule has 2 aromatic carbocycles. The van der Waals surface area contributed by atoms with Crippen LogP contribution in [-0.4, -0.2) is 37.1 Å². The molecule has 11 heteroatoms. The summed E-state index contributed by atoms with van der Waals surface area (Å²) in [6.45, 7) is 1.82. The molecule has 0 aliphatic rings. The minimum atomic E-state index is -0.801. The Bertz CT molecular complexity index is 1680. The summed E-state index contributed by atoms with van der Waals surface area (Å²) in [5.74, 6) is -1.06. The van der Waals surface area contributed by atoms with Crippen molar-refractivity contribution in [3.05, 3.63) is 92.3 Å². The van der Waals surface area contributed by atoms with Crippen molar-refractivity contribution >= 4 is 50.8 Å². The van der Waals surface area contributed by atoms with E-state index in [2.05, 4.69) is 15.3 Å². The maximum Gasteiger partial charge on any atom is 0.343 e. The Balaban J connectivity index is 1.58. The number of hydrogen-bond donors (Lipinski definition) is 0. The Labute approximate surface area is 207 Å². The third-order valence-corrected chi connectivity index (χ3v) is 6.04. The largest absolute Gasteiger partial charge is 0.462 e. The summed E-state index contributed by atoms with van der Waals surface area (Å²) < 4.78 is 22.2. The van der Waals surface area contributed by atoms with Gasteiger partial charge in [-0.3, -0.25) is 4.79 Å². The topological polar surface area (TPSA) is 91.9 Å². The third kappa shape index (κ3) is 4.24. The molecule has 3 heterocycles. The standard InChI is InChI=1S/C24H16Cl2FN5O3/c1-2-35-24(34)17-12-31(21-8-19(26)20(27)6-16(21)23(17)33)10-14-11-32(30-29-14)22-7-15-13(9-28-22)4-3-5-18(15)25/h3-9,11-12H,2,10H2,1H3. The number of pyridine rings is 2. The Morgan fingerprint density at radius 2 is 1.94 bits per heavy atom. The number of carbonyl (C=O) groups is 1. The highest BCUT2D eigenvalue weighted by Crippen LogP contribution is 2.25. The number of halogens is 3. The monoisotopic (exact) mass is 511 g/mol. The van der Waals surface area contributed by atoms with Crippen LogP contribution >= 0.6 is 23.2 Å². The van der Waals surface area contributed by atoms with Crippen molar-refractivity contribution in [3.8, 4) is 5.82 Å². The summed E-state index contributed by atoms with van der Waals surface area (Å²) in [4.78, 5) is 29.7. The van der Waals surface area contributed by atoms with Crippen molar-refractivity contribution in [2.45, 2.75) is 13.5 Å². The van der Waals surface area contributed by atoms with Crippen LogP contribution < -0.4 is 5.43 Å². The van der Waals surface area contributed by atoms with E-state index in [0.717, 1.165) is 16.8 Å². The highest BCUT2D eigenvalue weighted by Gasteiger charge is 2.19. The molecule has 0 saturated carbocycles. The van der Waals surface area contributed by atoms with E-state index in [1.54, 1.807) is 36.0 Å². The molecular weight excluding hydrogens is 496 g/mol. The zero-order chi connectivity index (χ0) is 24.7. The van der Waals surface area contributed by atoms with Gasteiger partial charge in [0.1, 0.15) is 17.1 Å². The van der Waals surface area contributed by atoms with Crippen LogP contribution in [0.15, 0.2) is 59.8 Å². The van der Waals surface area contributed by atoms with E-state index >= 15 is 0 Å². The van der Waals surface area contributed by atoms with Crippen LogP contribution in [0.1, 0.15) is 23.0 Å². The van der Waals surface area contributed by atoms with E-state index in [4.69, 9.17) is 27.9 Å². The number of benzene rings is 2. The van der Waals surface area contributed by atoms with Crippen LogP contribution in [0.25, 0.3) is 27.5 Å². The lowest BCUT2D eigenvalue weighted by atomic mass is 10.1. The van der Waals surface area contributed by atoms with Gasteiger partial charge in [0, 0.05) is 33.6 Å². The van der Waals surface area contributed by atoms with Gasteiger partial charge < -0.3 is 9.30 Å². The molecule has 0 aliphatic carbocycles. The van der Waals surface area contributed by atoms with Gasteiger partial charge in [-0.2, -0.15) is 0 Å². The molecule has 5 rings (SSSR count). The number of ether oxygens (including phenoxy) is 1. The fourth-order valence-electron chi connectivity index (χ4n) is 3.77. The number of rotatable bonds is 5. The van der Waals surface area contributed by atoms with E-state index in [1.165, 1.54) is 16.9 Å². The van der Waals surface area contributed by atoms with Crippen LogP contribution in [-0.2, 0) is 11.3 Å². The van der Waals surface area contributed by atoms with Crippen molar-refractivity contribution in [2.24, 2.45) is 0 Å². The molecule has 176 valence electrons. The highest BCUT2D eigenvalue weighted by atomic mass is 35.5.